The number of nitrogens with two attached hydrogens (primary N) is 1. The Morgan fingerprint density at radius 2 is 2.10 bits per heavy atom. The van der Waals surface area contributed by atoms with Crippen LogP contribution in [0.1, 0.15) is 18.5 Å². The van der Waals surface area contributed by atoms with E-state index in [9.17, 15) is 10.1 Å². The highest BCUT2D eigenvalue weighted by atomic mass is 16.6. The molecule has 0 aliphatic carbocycles. The van der Waals surface area contributed by atoms with Gasteiger partial charge in [-0.15, -0.1) is 0 Å². The topological polar surface area (TPSA) is 101 Å². The number of ether oxygens (including phenoxy) is 2. The molecular formula is C14H15N3O4. The van der Waals surface area contributed by atoms with Crippen molar-refractivity contribution in [1.29, 1.82) is 0 Å². The fourth-order valence-electron chi connectivity index (χ4n) is 1.73. The number of nitro benzene ring substituents is 1. The predicted molar refractivity (Wildman–Crippen MR) is 76.6 cm³/mol. The first-order valence-corrected chi connectivity index (χ1v) is 6.23. The molecule has 0 fully saturated rings. The molecule has 0 unspecified atom stereocenters. The summed E-state index contributed by atoms with van der Waals surface area (Å²) in [5.41, 5.74) is 6.45. The highest BCUT2D eigenvalue weighted by Crippen LogP contribution is 2.34. The zero-order valence-electron chi connectivity index (χ0n) is 11.6. The molecule has 7 heteroatoms. The lowest BCUT2D eigenvalue weighted by atomic mass is 10.1. The summed E-state index contributed by atoms with van der Waals surface area (Å²) in [6.45, 7) is 1.83. The molecule has 110 valence electrons. The molecule has 1 atom stereocenters. The van der Waals surface area contributed by atoms with Crippen molar-refractivity contribution in [3.05, 3.63) is 52.2 Å². The Bertz CT molecular complexity index is 658. The van der Waals surface area contributed by atoms with E-state index in [1.165, 1.54) is 25.3 Å². The van der Waals surface area contributed by atoms with Crippen LogP contribution in [-0.4, -0.2) is 17.0 Å². The number of nitro groups is 1. The van der Waals surface area contributed by atoms with Gasteiger partial charge in [-0.2, -0.15) is 0 Å². The second kappa shape index (κ2) is 6.19. The lowest BCUT2D eigenvalue weighted by Gasteiger charge is -2.09. The standard InChI is InChI=1S/C14H15N3O4/c1-9(15)10-5-6-16-14(7-10)21-13-8-11(20-2)3-4-12(13)17(18)19/h3-9H,15H2,1-2H3/t9-/m1/s1. The number of hydrogen-bond acceptors (Lipinski definition) is 6. The molecule has 0 spiro atoms. The molecule has 1 aromatic carbocycles. The molecule has 0 aliphatic heterocycles. The summed E-state index contributed by atoms with van der Waals surface area (Å²) >= 11 is 0. The zero-order chi connectivity index (χ0) is 15.4. The van der Waals surface area contributed by atoms with Gasteiger partial charge in [0.2, 0.25) is 11.6 Å². The average Bonchev–Trinajstić information content (AvgIpc) is 2.47. The second-order valence-electron chi connectivity index (χ2n) is 4.41. The Balaban J connectivity index is 2.38. The van der Waals surface area contributed by atoms with E-state index < -0.39 is 4.92 Å². The van der Waals surface area contributed by atoms with Crippen LogP contribution in [0.25, 0.3) is 0 Å². The molecule has 2 N–H and O–H groups in total. The Labute approximate surface area is 121 Å². The molecule has 2 rings (SSSR count). The van der Waals surface area contributed by atoms with Crippen LogP contribution >= 0.6 is 0 Å². The third kappa shape index (κ3) is 3.46. The molecule has 0 radical (unpaired) electrons. The van der Waals surface area contributed by atoms with Crippen LogP contribution in [0.4, 0.5) is 5.69 Å². The lowest BCUT2D eigenvalue weighted by Crippen LogP contribution is -2.05. The third-order valence-electron chi connectivity index (χ3n) is 2.86. The number of nitrogens with zero attached hydrogens (tertiary/aromatic N) is 2. The van der Waals surface area contributed by atoms with Crippen molar-refractivity contribution in [2.45, 2.75) is 13.0 Å². The Morgan fingerprint density at radius 3 is 2.71 bits per heavy atom. The molecule has 0 bridgehead atoms. The van der Waals surface area contributed by atoms with Crippen molar-refractivity contribution in [1.82, 2.24) is 4.98 Å². The van der Waals surface area contributed by atoms with Gasteiger partial charge in [-0.25, -0.2) is 4.98 Å². The predicted octanol–water partition coefficient (Wildman–Crippen LogP) is 2.81. The van der Waals surface area contributed by atoms with Crippen LogP contribution in [0.5, 0.6) is 17.4 Å². The summed E-state index contributed by atoms with van der Waals surface area (Å²) in [4.78, 5) is 14.5. The summed E-state index contributed by atoms with van der Waals surface area (Å²) in [7, 11) is 1.47. The van der Waals surface area contributed by atoms with E-state index in [0.717, 1.165) is 5.56 Å². The Kier molecular flexibility index (Phi) is 4.34. The summed E-state index contributed by atoms with van der Waals surface area (Å²) in [6, 6.07) is 7.49. The van der Waals surface area contributed by atoms with Gasteiger partial charge in [0.25, 0.3) is 0 Å². The average molecular weight is 289 g/mol. The zero-order valence-corrected chi connectivity index (χ0v) is 11.6. The maximum Gasteiger partial charge on any atom is 0.311 e. The minimum atomic E-state index is -0.524. The molecule has 2 aromatic rings. The lowest BCUT2D eigenvalue weighted by molar-refractivity contribution is -0.385. The Morgan fingerprint density at radius 1 is 1.33 bits per heavy atom. The fraction of sp³-hybridized carbons (Fsp3) is 0.214. The molecule has 0 saturated heterocycles. The second-order valence-corrected chi connectivity index (χ2v) is 4.41. The van der Waals surface area contributed by atoms with E-state index in [-0.39, 0.29) is 23.4 Å². The molecule has 0 aliphatic rings. The summed E-state index contributed by atoms with van der Waals surface area (Å²) < 4.78 is 10.6. The van der Waals surface area contributed by atoms with Gasteiger partial charge in [-0.3, -0.25) is 10.1 Å². The van der Waals surface area contributed by atoms with Gasteiger partial charge in [0, 0.05) is 30.4 Å². The van der Waals surface area contributed by atoms with Gasteiger partial charge in [-0.05, 0) is 24.6 Å². The number of hydrogen-bond donors (Lipinski definition) is 1. The van der Waals surface area contributed by atoms with E-state index >= 15 is 0 Å². The molecule has 1 aromatic heterocycles. The van der Waals surface area contributed by atoms with Gasteiger partial charge in [-0.1, -0.05) is 0 Å². The molecular weight excluding hydrogens is 274 g/mol. The van der Waals surface area contributed by atoms with Gasteiger partial charge < -0.3 is 15.2 Å². The quantitative estimate of drug-likeness (QED) is 0.671. The summed E-state index contributed by atoms with van der Waals surface area (Å²) in [5.74, 6) is 0.758. The first-order chi connectivity index (χ1) is 10.0. The van der Waals surface area contributed by atoms with E-state index in [0.29, 0.717) is 5.75 Å². The minimum absolute atomic E-state index is 0.0636. The highest BCUT2D eigenvalue weighted by molar-refractivity contribution is 5.52. The van der Waals surface area contributed by atoms with Gasteiger partial charge in [0.15, 0.2) is 0 Å². The number of benzene rings is 1. The van der Waals surface area contributed by atoms with E-state index in [1.54, 1.807) is 18.3 Å². The number of rotatable bonds is 5. The Hall–Kier alpha value is -2.67. The molecule has 0 saturated carbocycles. The smallest absolute Gasteiger partial charge is 0.311 e. The van der Waals surface area contributed by atoms with Crippen LogP contribution in [0.15, 0.2) is 36.5 Å². The van der Waals surface area contributed by atoms with Gasteiger partial charge in [0.1, 0.15) is 5.75 Å². The van der Waals surface area contributed by atoms with E-state index in [2.05, 4.69) is 4.98 Å². The van der Waals surface area contributed by atoms with Crippen LogP contribution in [0, 0.1) is 10.1 Å². The summed E-state index contributed by atoms with van der Waals surface area (Å²) in [5, 5.41) is 11.0. The SMILES string of the molecule is COc1ccc([N+](=O)[O-])c(Oc2cc([C@@H](C)N)ccn2)c1. The fourth-order valence-corrected chi connectivity index (χ4v) is 1.73. The minimum Gasteiger partial charge on any atom is -0.497 e. The largest absolute Gasteiger partial charge is 0.497 e. The first kappa shape index (κ1) is 14.7. The molecule has 1 heterocycles. The molecule has 7 nitrogen and oxygen atoms in total. The normalized spacial score (nSPS) is 11.8. The van der Waals surface area contributed by atoms with E-state index in [1.807, 2.05) is 6.92 Å². The van der Waals surface area contributed by atoms with Crippen molar-refractivity contribution >= 4 is 5.69 Å². The van der Waals surface area contributed by atoms with Crippen LogP contribution in [-0.2, 0) is 0 Å². The van der Waals surface area contributed by atoms with Gasteiger partial charge >= 0.3 is 5.69 Å². The van der Waals surface area contributed by atoms with Crippen molar-refractivity contribution < 1.29 is 14.4 Å². The monoisotopic (exact) mass is 289 g/mol. The van der Waals surface area contributed by atoms with Crippen LogP contribution in [0.3, 0.4) is 0 Å². The van der Waals surface area contributed by atoms with Crippen LogP contribution in [0.2, 0.25) is 0 Å². The van der Waals surface area contributed by atoms with Crippen molar-refractivity contribution in [3.8, 4) is 17.4 Å². The maximum absolute atomic E-state index is 11.0. The number of methoxy groups -OCH3 is 1. The number of pyridine rings is 1. The maximum atomic E-state index is 11.0. The summed E-state index contributed by atoms with van der Waals surface area (Å²) in [6.07, 6.45) is 1.54. The third-order valence-corrected chi connectivity index (χ3v) is 2.86. The first-order valence-electron chi connectivity index (χ1n) is 6.23. The van der Waals surface area contributed by atoms with Crippen molar-refractivity contribution in [3.63, 3.8) is 0 Å². The molecule has 21 heavy (non-hydrogen) atoms. The highest BCUT2D eigenvalue weighted by Gasteiger charge is 2.17. The van der Waals surface area contributed by atoms with Crippen molar-refractivity contribution in [2.75, 3.05) is 7.11 Å². The number of aromatic nitrogens is 1. The van der Waals surface area contributed by atoms with Crippen LogP contribution < -0.4 is 15.2 Å². The van der Waals surface area contributed by atoms with Crippen molar-refractivity contribution in [2.24, 2.45) is 5.73 Å². The van der Waals surface area contributed by atoms with Gasteiger partial charge in [0.05, 0.1) is 12.0 Å². The molecule has 0 amide bonds. The van der Waals surface area contributed by atoms with E-state index in [4.69, 9.17) is 15.2 Å².